The van der Waals surface area contributed by atoms with E-state index in [4.69, 9.17) is 16.3 Å². The van der Waals surface area contributed by atoms with Gasteiger partial charge in [-0.05, 0) is 89.5 Å². The van der Waals surface area contributed by atoms with Crippen LogP contribution in [0.3, 0.4) is 0 Å². The molecule has 0 radical (unpaired) electrons. The Morgan fingerprint density at radius 3 is 2.00 bits per heavy atom. The third kappa shape index (κ3) is 10.9. The first-order valence-electron chi connectivity index (χ1n) is 17.2. The molecule has 12 heteroatoms. The van der Waals surface area contributed by atoms with Crippen molar-refractivity contribution < 1.29 is 32.3 Å². The predicted molar refractivity (Wildman–Crippen MR) is 214 cm³/mol. The number of hydrogen-bond acceptors (Lipinski definition) is 5. The van der Waals surface area contributed by atoms with E-state index in [9.17, 15) is 27.6 Å². The summed E-state index contributed by atoms with van der Waals surface area (Å²) in [6.07, 6.45) is -3.07. The van der Waals surface area contributed by atoms with E-state index in [0.717, 1.165) is 35.5 Å². The van der Waals surface area contributed by atoms with Gasteiger partial charge in [-0.25, -0.2) is 0 Å². The van der Waals surface area contributed by atoms with E-state index in [0.29, 0.717) is 39.6 Å². The standard InChI is InChI=1S/C44H33ClF3N3O4S/c45-37-25-18-33(44(46,47)48)27-38(37)50-43(54)40(31-12-6-2-7-13-31)56-36-23-19-34(20-24-36)49-42(53)39(51-41(52)32-14-8-3-9-15-32)26-29-16-21-35(22-17-29)55-28-30-10-4-1-5-11-30/h1-27,40H,28H2,(H,49,53)(H,50,54)(H,51,52)/b39-26-. The van der Waals surface area contributed by atoms with Gasteiger partial charge in [-0.3, -0.25) is 14.4 Å². The summed E-state index contributed by atoms with van der Waals surface area (Å²) in [7, 11) is 0. The Morgan fingerprint density at radius 2 is 1.36 bits per heavy atom. The number of thioether (sulfide) groups is 1. The molecule has 1 atom stereocenters. The van der Waals surface area contributed by atoms with Gasteiger partial charge in [-0.2, -0.15) is 13.2 Å². The van der Waals surface area contributed by atoms with Gasteiger partial charge >= 0.3 is 6.18 Å². The van der Waals surface area contributed by atoms with E-state index < -0.39 is 34.7 Å². The summed E-state index contributed by atoms with van der Waals surface area (Å²) in [4.78, 5) is 41.0. The van der Waals surface area contributed by atoms with E-state index in [1.807, 2.05) is 30.3 Å². The molecule has 3 N–H and O–H groups in total. The lowest BCUT2D eigenvalue weighted by molar-refractivity contribution is -0.137. The van der Waals surface area contributed by atoms with Gasteiger partial charge in [-0.1, -0.05) is 103 Å². The maximum atomic E-state index is 13.7. The molecule has 0 spiro atoms. The van der Waals surface area contributed by atoms with Crippen LogP contribution in [0.25, 0.3) is 6.08 Å². The zero-order valence-electron chi connectivity index (χ0n) is 29.4. The van der Waals surface area contributed by atoms with Crippen LogP contribution in [0.5, 0.6) is 5.75 Å². The average molecular weight is 792 g/mol. The van der Waals surface area contributed by atoms with Crippen molar-refractivity contribution in [3.63, 3.8) is 0 Å². The van der Waals surface area contributed by atoms with Crippen molar-refractivity contribution in [3.8, 4) is 5.75 Å². The van der Waals surface area contributed by atoms with Crippen LogP contribution >= 0.6 is 23.4 Å². The van der Waals surface area contributed by atoms with E-state index in [2.05, 4.69) is 16.0 Å². The molecule has 7 nitrogen and oxygen atoms in total. The van der Waals surface area contributed by atoms with Gasteiger partial charge in [0.05, 0.1) is 16.3 Å². The molecule has 6 aromatic rings. The third-order valence-electron chi connectivity index (χ3n) is 8.23. The molecule has 3 amide bonds. The number of hydrogen-bond donors (Lipinski definition) is 3. The van der Waals surface area contributed by atoms with Crippen molar-refractivity contribution in [3.05, 3.63) is 196 Å². The van der Waals surface area contributed by atoms with E-state index in [-0.39, 0.29) is 16.4 Å². The summed E-state index contributed by atoms with van der Waals surface area (Å²) >= 11 is 7.33. The zero-order chi connectivity index (χ0) is 39.5. The van der Waals surface area contributed by atoms with Crippen LogP contribution in [0.4, 0.5) is 24.5 Å². The fourth-order valence-corrected chi connectivity index (χ4v) is 6.55. The second-order valence-electron chi connectivity index (χ2n) is 12.3. The molecule has 0 aromatic heterocycles. The van der Waals surface area contributed by atoms with Crippen LogP contribution in [0, 0.1) is 0 Å². The SMILES string of the molecule is O=C(Nc1ccc(SC(C(=O)Nc2cc(C(F)(F)F)ccc2Cl)c2ccccc2)cc1)/C(=C/c1ccc(OCc2ccccc2)cc1)NC(=O)c1ccccc1. The Labute approximate surface area is 330 Å². The highest BCUT2D eigenvalue weighted by Crippen LogP contribution is 2.39. The first-order chi connectivity index (χ1) is 27.0. The number of anilines is 2. The van der Waals surface area contributed by atoms with Gasteiger partial charge < -0.3 is 20.7 Å². The van der Waals surface area contributed by atoms with Gasteiger partial charge in [0.2, 0.25) is 5.91 Å². The summed E-state index contributed by atoms with van der Waals surface area (Å²) in [5.74, 6) is -1.01. The molecular formula is C44H33ClF3N3O4S. The molecule has 282 valence electrons. The van der Waals surface area contributed by atoms with Gasteiger partial charge in [0.25, 0.3) is 11.8 Å². The van der Waals surface area contributed by atoms with Gasteiger partial charge in [-0.15, -0.1) is 11.8 Å². The van der Waals surface area contributed by atoms with Crippen molar-refractivity contribution in [1.29, 1.82) is 0 Å². The molecule has 0 aliphatic heterocycles. The molecule has 6 aromatic carbocycles. The topological polar surface area (TPSA) is 96.5 Å². The Morgan fingerprint density at radius 1 is 0.732 bits per heavy atom. The first-order valence-corrected chi connectivity index (χ1v) is 18.4. The Kier molecular flexibility index (Phi) is 12.9. The summed E-state index contributed by atoms with van der Waals surface area (Å²) in [6, 6.07) is 43.5. The lowest BCUT2D eigenvalue weighted by atomic mass is 10.1. The minimum atomic E-state index is -4.62. The van der Waals surface area contributed by atoms with Crippen molar-refractivity contribution in [2.75, 3.05) is 10.6 Å². The number of amides is 3. The van der Waals surface area contributed by atoms with Gasteiger partial charge in [0, 0.05) is 16.1 Å². The number of rotatable bonds is 13. The van der Waals surface area contributed by atoms with E-state index in [1.165, 1.54) is 0 Å². The first kappa shape index (κ1) is 39.4. The molecule has 0 aliphatic carbocycles. The highest BCUT2D eigenvalue weighted by molar-refractivity contribution is 8.00. The predicted octanol–water partition coefficient (Wildman–Crippen LogP) is 10.8. The van der Waals surface area contributed by atoms with Crippen molar-refractivity contribution >= 4 is 58.5 Å². The van der Waals surface area contributed by atoms with Crippen molar-refractivity contribution in [1.82, 2.24) is 5.32 Å². The molecule has 56 heavy (non-hydrogen) atoms. The molecule has 0 fully saturated rings. The normalized spacial score (nSPS) is 12.0. The molecule has 1 unspecified atom stereocenters. The summed E-state index contributed by atoms with van der Waals surface area (Å²) in [5.41, 5.74) is 1.91. The van der Waals surface area contributed by atoms with Crippen molar-refractivity contribution in [2.45, 2.75) is 22.9 Å². The van der Waals surface area contributed by atoms with Crippen LogP contribution in [-0.2, 0) is 22.4 Å². The number of nitrogens with one attached hydrogen (secondary N) is 3. The van der Waals surface area contributed by atoms with Crippen LogP contribution in [0.15, 0.2) is 168 Å². The zero-order valence-corrected chi connectivity index (χ0v) is 31.0. The number of halogens is 4. The fraction of sp³-hybridized carbons (Fsp3) is 0.0682. The van der Waals surface area contributed by atoms with Crippen LogP contribution < -0.4 is 20.7 Å². The second-order valence-corrected chi connectivity index (χ2v) is 13.9. The second kappa shape index (κ2) is 18.4. The van der Waals surface area contributed by atoms with Crippen LogP contribution in [0.2, 0.25) is 5.02 Å². The lowest BCUT2D eigenvalue weighted by Gasteiger charge is -2.19. The highest BCUT2D eigenvalue weighted by atomic mass is 35.5. The largest absolute Gasteiger partial charge is 0.489 e. The van der Waals surface area contributed by atoms with Crippen LogP contribution in [-0.4, -0.2) is 17.7 Å². The summed E-state index contributed by atoms with van der Waals surface area (Å²) in [5, 5.41) is 7.19. The summed E-state index contributed by atoms with van der Waals surface area (Å²) < 4.78 is 46.1. The highest BCUT2D eigenvalue weighted by Gasteiger charge is 2.32. The molecule has 6 rings (SSSR count). The molecule has 0 aliphatic rings. The monoisotopic (exact) mass is 791 g/mol. The molecule has 0 heterocycles. The third-order valence-corrected chi connectivity index (χ3v) is 9.82. The number of benzene rings is 6. The number of carbonyl (C=O) groups is 3. The van der Waals surface area contributed by atoms with Gasteiger partial charge in [0.15, 0.2) is 0 Å². The quantitative estimate of drug-likeness (QED) is 0.0799. The Hall–Kier alpha value is -6.30. The smallest absolute Gasteiger partial charge is 0.416 e. The van der Waals surface area contributed by atoms with E-state index in [1.54, 1.807) is 115 Å². The fourth-order valence-electron chi connectivity index (χ4n) is 5.36. The molecular weight excluding hydrogens is 759 g/mol. The molecule has 0 saturated heterocycles. The molecule has 0 bridgehead atoms. The maximum absolute atomic E-state index is 13.7. The van der Waals surface area contributed by atoms with E-state index >= 15 is 0 Å². The van der Waals surface area contributed by atoms with Crippen molar-refractivity contribution in [2.24, 2.45) is 0 Å². The minimum absolute atomic E-state index is 0.00988. The maximum Gasteiger partial charge on any atom is 0.416 e. The Bertz CT molecular complexity index is 2310. The van der Waals surface area contributed by atoms with Gasteiger partial charge in [0.1, 0.15) is 23.3 Å². The average Bonchev–Trinajstić information content (AvgIpc) is 3.21. The number of alkyl halides is 3. The molecule has 0 saturated carbocycles. The number of carbonyl (C=O) groups excluding carboxylic acids is 3. The Balaban J connectivity index is 1.18. The van der Waals surface area contributed by atoms with Crippen LogP contribution in [0.1, 0.15) is 37.9 Å². The summed E-state index contributed by atoms with van der Waals surface area (Å²) in [6.45, 7) is 0.392. The number of ether oxygens (including phenoxy) is 1. The lowest BCUT2D eigenvalue weighted by Crippen LogP contribution is -2.30. The minimum Gasteiger partial charge on any atom is -0.489 e.